The molecule has 0 aliphatic heterocycles. The lowest BCUT2D eigenvalue weighted by molar-refractivity contribution is -0.111. The van der Waals surface area contributed by atoms with Gasteiger partial charge in [-0.2, -0.15) is 0 Å². The van der Waals surface area contributed by atoms with Crippen molar-refractivity contribution in [2.45, 2.75) is 39.0 Å². The second-order valence-corrected chi connectivity index (χ2v) is 7.21. The number of hydrogen-bond donors (Lipinski definition) is 1. The number of unbranched alkanes of at least 4 members (excludes halogenated alkanes) is 1. The molecule has 0 saturated heterocycles. The number of benzene rings is 2. The minimum atomic E-state index is -0.208. The fourth-order valence-corrected chi connectivity index (χ4v) is 3.34. The highest BCUT2D eigenvalue weighted by Gasteiger charge is 2.27. The van der Waals surface area contributed by atoms with E-state index in [0.717, 1.165) is 53.1 Å². The Balaban J connectivity index is 2.11. The average Bonchev–Trinajstić information content (AvgIpc) is 3.53. The molecule has 3 rings (SSSR count). The standard InChI is InChI=1S/C24H29NO3/c1-4-6-15-28-21-10-8-7-9-18(21)24-19(16-17-11-12-17)20(25-23(26)5-2)13-14-22(24)27-3/h5,7-10,13-14,17H,2,4,6,11-12,15-16H2,1,3H3,(H,25,26). The van der Waals surface area contributed by atoms with Crippen molar-refractivity contribution in [2.75, 3.05) is 19.0 Å². The summed E-state index contributed by atoms with van der Waals surface area (Å²) in [5, 5.41) is 2.97. The van der Waals surface area contributed by atoms with Crippen LogP contribution < -0.4 is 14.8 Å². The van der Waals surface area contributed by atoms with Gasteiger partial charge in [0.2, 0.25) is 5.91 Å². The smallest absolute Gasteiger partial charge is 0.247 e. The van der Waals surface area contributed by atoms with E-state index in [-0.39, 0.29) is 5.91 Å². The van der Waals surface area contributed by atoms with Gasteiger partial charge >= 0.3 is 0 Å². The Labute approximate surface area is 167 Å². The first-order chi connectivity index (χ1) is 13.7. The van der Waals surface area contributed by atoms with Gasteiger partial charge in [-0.15, -0.1) is 0 Å². The van der Waals surface area contributed by atoms with Gasteiger partial charge in [0, 0.05) is 16.8 Å². The van der Waals surface area contributed by atoms with Crippen molar-refractivity contribution in [3.05, 3.63) is 54.6 Å². The predicted octanol–water partition coefficient (Wildman–Crippen LogP) is 5.62. The van der Waals surface area contributed by atoms with Gasteiger partial charge in [0.05, 0.1) is 13.7 Å². The number of para-hydroxylation sites is 1. The third-order valence-corrected chi connectivity index (χ3v) is 5.04. The summed E-state index contributed by atoms with van der Waals surface area (Å²) in [5.41, 5.74) is 3.92. The average molecular weight is 380 g/mol. The molecule has 28 heavy (non-hydrogen) atoms. The molecular formula is C24H29NO3. The molecule has 0 spiro atoms. The summed E-state index contributed by atoms with van der Waals surface area (Å²) in [4.78, 5) is 12.0. The number of rotatable bonds is 10. The fraction of sp³-hybridized carbons (Fsp3) is 0.375. The van der Waals surface area contributed by atoms with Gasteiger partial charge in [-0.25, -0.2) is 0 Å². The number of hydrogen-bond acceptors (Lipinski definition) is 3. The largest absolute Gasteiger partial charge is 0.496 e. The summed E-state index contributed by atoms with van der Waals surface area (Å²) < 4.78 is 11.8. The zero-order valence-electron chi connectivity index (χ0n) is 16.8. The van der Waals surface area contributed by atoms with Crippen LogP contribution in [0, 0.1) is 5.92 Å². The van der Waals surface area contributed by atoms with E-state index in [4.69, 9.17) is 9.47 Å². The maximum atomic E-state index is 12.0. The molecule has 1 saturated carbocycles. The summed E-state index contributed by atoms with van der Waals surface area (Å²) in [7, 11) is 1.68. The molecule has 0 radical (unpaired) electrons. The lowest BCUT2D eigenvalue weighted by Gasteiger charge is -2.20. The van der Waals surface area contributed by atoms with E-state index in [1.54, 1.807) is 7.11 Å². The van der Waals surface area contributed by atoms with Gasteiger partial charge < -0.3 is 14.8 Å². The van der Waals surface area contributed by atoms with E-state index in [9.17, 15) is 4.79 Å². The van der Waals surface area contributed by atoms with Crippen molar-refractivity contribution in [1.82, 2.24) is 0 Å². The third kappa shape index (κ3) is 4.75. The quantitative estimate of drug-likeness (QED) is 0.431. The van der Waals surface area contributed by atoms with Gasteiger partial charge in [-0.1, -0.05) is 38.1 Å². The van der Waals surface area contributed by atoms with E-state index in [2.05, 4.69) is 24.9 Å². The van der Waals surface area contributed by atoms with Gasteiger partial charge in [0.1, 0.15) is 11.5 Å². The second kappa shape index (κ2) is 9.45. The van der Waals surface area contributed by atoms with Crippen molar-refractivity contribution < 1.29 is 14.3 Å². The Bertz CT molecular complexity index is 840. The number of carbonyl (C=O) groups is 1. The van der Waals surface area contributed by atoms with Crippen molar-refractivity contribution in [3.63, 3.8) is 0 Å². The minimum absolute atomic E-state index is 0.208. The first-order valence-corrected chi connectivity index (χ1v) is 10.0. The lowest BCUT2D eigenvalue weighted by Crippen LogP contribution is -2.11. The first kappa shape index (κ1) is 20.0. The highest BCUT2D eigenvalue weighted by atomic mass is 16.5. The zero-order chi connectivity index (χ0) is 19.9. The molecule has 148 valence electrons. The number of methoxy groups -OCH3 is 1. The molecule has 1 amide bonds. The van der Waals surface area contributed by atoms with Gasteiger partial charge in [0.25, 0.3) is 0 Å². The fourth-order valence-electron chi connectivity index (χ4n) is 3.34. The molecule has 1 fully saturated rings. The van der Waals surface area contributed by atoms with E-state index >= 15 is 0 Å². The van der Waals surface area contributed by atoms with Crippen LogP contribution in [0.5, 0.6) is 11.5 Å². The van der Waals surface area contributed by atoms with E-state index < -0.39 is 0 Å². The summed E-state index contributed by atoms with van der Waals surface area (Å²) in [5.74, 6) is 2.08. The van der Waals surface area contributed by atoms with Crippen LogP contribution in [-0.4, -0.2) is 19.6 Å². The lowest BCUT2D eigenvalue weighted by atomic mass is 9.92. The number of amides is 1. The molecule has 0 unspecified atom stereocenters. The van der Waals surface area contributed by atoms with Crippen LogP contribution in [0.4, 0.5) is 5.69 Å². The Morgan fingerprint density at radius 2 is 2.00 bits per heavy atom. The maximum absolute atomic E-state index is 12.0. The van der Waals surface area contributed by atoms with Crippen LogP contribution >= 0.6 is 0 Å². The van der Waals surface area contributed by atoms with Crippen LogP contribution in [0.1, 0.15) is 38.2 Å². The maximum Gasteiger partial charge on any atom is 0.247 e. The predicted molar refractivity (Wildman–Crippen MR) is 114 cm³/mol. The molecule has 1 aliphatic carbocycles. The van der Waals surface area contributed by atoms with Gasteiger partial charge in [-0.3, -0.25) is 4.79 Å². The monoisotopic (exact) mass is 379 g/mol. The molecule has 1 aliphatic rings. The summed E-state index contributed by atoms with van der Waals surface area (Å²) in [6, 6.07) is 11.9. The topological polar surface area (TPSA) is 47.6 Å². The van der Waals surface area contributed by atoms with Crippen molar-refractivity contribution in [3.8, 4) is 22.6 Å². The van der Waals surface area contributed by atoms with E-state index in [1.165, 1.54) is 18.9 Å². The van der Waals surface area contributed by atoms with Crippen LogP contribution in [0.25, 0.3) is 11.1 Å². The Kier molecular flexibility index (Phi) is 6.75. The molecule has 2 aromatic rings. The van der Waals surface area contributed by atoms with Gasteiger partial charge in [0.15, 0.2) is 0 Å². The molecule has 0 heterocycles. The zero-order valence-corrected chi connectivity index (χ0v) is 16.8. The van der Waals surface area contributed by atoms with Crippen LogP contribution in [-0.2, 0) is 11.2 Å². The second-order valence-electron chi connectivity index (χ2n) is 7.21. The highest BCUT2D eigenvalue weighted by Crippen LogP contribution is 2.45. The first-order valence-electron chi connectivity index (χ1n) is 10.0. The molecule has 2 aromatic carbocycles. The Morgan fingerprint density at radius 1 is 1.21 bits per heavy atom. The van der Waals surface area contributed by atoms with Crippen LogP contribution in [0.15, 0.2) is 49.1 Å². The summed E-state index contributed by atoms with van der Waals surface area (Å²) in [6.07, 6.45) is 6.74. The molecule has 0 atom stereocenters. The van der Waals surface area contributed by atoms with Crippen molar-refractivity contribution >= 4 is 11.6 Å². The van der Waals surface area contributed by atoms with Crippen LogP contribution in [0.2, 0.25) is 0 Å². The molecule has 0 bridgehead atoms. The third-order valence-electron chi connectivity index (χ3n) is 5.04. The number of carbonyl (C=O) groups excluding carboxylic acids is 1. The minimum Gasteiger partial charge on any atom is -0.496 e. The molecular weight excluding hydrogens is 350 g/mol. The van der Waals surface area contributed by atoms with E-state index in [1.807, 2.05) is 30.3 Å². The van der Waals surface area contributed by atoms with Crippen molar-refractivity contribution in [2.24, 2.45) is 5.92 Å². The molecule has 4 nitrogen and oxygen atoms in total. The SMILES string of the molecule is C=CC(=O)Nc1ccc(OC)c(-c2ccccc2OCCCC)c1CC1CC1. The summed E-state index contributed by atoms with van der Waals surface area (Å²) in [6.45, 7) is 6.41. The van der Waals surface area contributed by atoms with E-state index in [0.29, 0.717) is 12.5 Å². The highest BCUT2D eigenvalue weighted by molar-refractivity contribution is 6.00. The summed E-state index contributed by atoms with van der Waals surface area (Å²) >= 11 is 0. The number of anilines is 1. The van der Waals surface area contributed by atoms with Crippen molar-refractivity contribution in [1.29, 1.82) is 0 Å². The molecule has 1 N–H and O–H groups in total. The Morgan fingerprint density at radius 3 is 2.68 bits per heavy atom. The number of ether oxygens (including phenoxy) is 2. The van der Waals surface area contributed by atoms with Gasteiger partial charge in [-0.05, 0) is 61.4 Å². The molecule has 4 heteroatoms. The normalized spacial score (nSPS) is 13.1. The van der Waals surface area contributed by atoms with Crippen LogP contribution in [0.3, 0.4) is 0 Å². The molecule has 0 aromatic heterocycles. The Hall–Kier alpha value is -2.75. The number of nitrogens with one attached hydrogen (secondary N) is 1.